The Labute approximate surface area is 240 Å². The van der Waals surface area contributed by atoms with Crippen molar-refractivity contribution in [3.05, 3.63) is 128 Å². The zero-order valence-electron chi connectivity index (χ0n) is 23.0. The largest absolute Gasteiger partial charge is 0.294 e. The van der Waals surface area contributed by atoms with Crippen LogP contribution in [0.1, 0.15) is 57.0 Å². The van der Waals surface area contributed by atoms with E-state index in [4.69, 9.17) is 5.26 Å². The topological polar surface area (TPSA) is 93.6 Å². The molecule has 0 saturated carbocycles. The third kappa shape index (κ3) is 6.01. The molecule has 208 valence electrons. The number of Topliss-reactive ketones (excluding diaryl/α,β-unsaturated/α-hetero) is 1. The van der Waals surface area contributed by atoms with Crippen molar-refractivity contribution in [2.45, 2.75) is 32.7 Å². The Morgan fingerprint density at radius 1 is 0.976 bits per heavy atom. The summed E-state index contributed by atoms with van der Waals surface area (Å²) in [6.45, 7) is 1.68. The van der Waals surface area contributed by atoms with Gasteiger partial charge in [0, 0.05) is 49.2 Å². The number of nitrogens with zero attached hydrogens (tertiary/aromatic N) is 5. The molecule has 5 rings (SSSR count). The minimum Gasteiger partial charge on any atom is -0.294 e. The number of nitriles is 1. The monoisotopic (exact) mass is 561 g/mol. The average molecular weight is 562 g/mol. The average Bonchev–Trinajstić information content (AvgIpc) is 3.20. The second-order valence-corrected chi connectivity index (χ2v) is 9.87. The molecule has 0 radical (unpaired) electrons. The zero-order valence-corrected chi connectivity index (χ0v) is 23.0. The molecule has 0 unspecified atom stereocenters. The number of aromatic nitrogens is 4. The first-order valence-electron chi connectivity index (χ1n) is 13.2. The van der Waals surface area contributed by atoms with E-state index in [-0.39, 0.29) is 30.7 Å². The quantitative estimate of drug-likeness (QED) is 0.200. The summed E-state index contributed by atoms with van der Waals surface area (Å²) in [6, 6.07) is 18.5. The number of rotatable bonds is 7. The number of hydrogen-bond acceptors (Lipinski definition) is 5. The summed E-state index contributed by atoms with van der Waals surface area (Å²) in [4.78, 5) is 35.1. The van der Waals surface area contributed by atoms with Crippen molar-refractivity contribution < 1.29 is 13.6 Å². The maximum absolute atomic E-state index is 13.6. The van der Waals surface area contributed by atoms with Crippen molar-refractivity contribution >= 4 is 16.7 Å². The molecule has 0 atom stereocenters. The molecule has 0 aliphatic heterocycles. The van der Waals surface area contributed by atoms with E-state index in [0.29, 0.717) is 29.1 Å². The summed E-state index contributed by atoms with van der Waals surface area (Å²) in [5, 5.41) is 9.79. The van der Waals surface area contributed by atoms with Crippen molar-refractivity contribution in [1.82, 2.24) is 19.3 Å². The van der Waals surface area contributed by atoms with Crippen LogP contribution in [-0.2, 0) is 20.0 Å². The predicted molar refractivity (Wildman–Crippen MR) is 154 cm³/mol. The van der Waals surface area contributed by atoms with Gasteiger partial charge in [-0.15, -0.1) is 0 Å². The number of benzene rings is 3. The molecule has 5 aromatic rings. The van der Waals surface area contributed by atoms with Gasteiger partial charge in [-0.25, -0.2) is 23.4 Å². The molecule has 2 aromatic heterocycles. The van der Waals surface area contributed by atoms with Gasteiger partial charge in [-0.2, -0.15) is 5.26 Å². The van der Waals surface area contributed by atoms with Gasteiger partial charge >= 0.3 is 0 Å². The summed E-state index contributed by atoms with van der Waals surface area (Å²) < 4.78 is 29.8. The van der Waals surface area contributed by atoms with E-state index in [0.717, 1.165) is 34.2 Å². The first-order valence-corrected chi connectivity index (χ1v) is 13.2. The van der Waals surface area contributed by atoms with Gasteiger partial charge in [0.1, 0.15) is 11.4 Å². The van der Waals surface area contributed by atoms with Crippen LogP contribution in [-0.4, -0.2) is 25.1 Å². The van der Waals surface area contributed by atoms with Gasteiger partial charge < -0.3 is 0 Å². The first kappa shape index (κ1) is 28.1. The van der Waals surface area contributed by atoms with Gasteiger partial charge in [0.15, 0.2) is 17.4 Å². The highest BCUT2D eigenvalue weighted by Crippen LogP contribution is 2.16. The Hall–Kier alpha value is -5.41. The van der Waals surface area contributed by atoms with E-state index < -0.39 is 17.2 Å². The van der Waals surface area contributed by atoms with E-state index in [2.05, 4.69) is 27.9 Å². The standard InChI is InChI=1S/C33H25F2N5O2/c1-21-32(33(42)40(39(21)2)20-25-11-13-27(34)28(35)16-25)30(41)6-4-3-5-22-12-14-29-26(15-22)19-37-31(38-29)17-23-7-9-24(18-36)10-8-23/h7-16,19H,4,6,17,20H2,1-2H3. The number of carbonyl (C=O) groups is 1. The van der Waals surface area contributed by atoms with Gasteiger partial charge in [0.25, 0.3) is 5.56 Å². The van der Waals surface area contributed by atoms with E-state index in [1.807, 2.05) is 30.3 Å². The van der Waals surface area contributed by atoms with Gasteiger partial charge in [0.2, 0.25) is 0 Å². The van der Waals surface area contributed by atoms with E-state index in [1.54, 1.807) is 37.0 Å². The zero-order chi connectivity index (χ0) is 29.8. The van der Waals surface area contributed by atoms with Crippen LogP contribution in [0.4, 0.5) is 8.78 Å². The lowest BCUT2D eigenvalue weighted by atomic mass is 10.1. The molecule has 0 aliphatic rings. The van der Waals surface area contributed by atoms with Crippen LogP contribution >= 0.6 is 0 Å². The third-order valence-corrected chi connectivity index (χ3v) is 7.04. The Bertz CT molecular complexity index is 1990. The molecule has 9 heteroatoms. The fraction of sp³-hybridized carbons (Fsp3) is 0.182. The summed E-state index contributed by atoms with van der Waals surface area (Å²) in [7, 11) is 1.65. The molecule has 0 N–H and O–H groups in total. The van der Waals surface area contributed by atoms with E-state index in [9.17, 15) is 18.4 Å². The second-order valence-electron chi connectivity index (χ2n) is 9.87. The molecule has 0 saturated heterocycles. The van der Waals surface area contributed by atoms with Crippen molar-refractivity contribution in [3.8, 4) is 17.9 Å². The Morgan fingerprint density at radius 3 is 2.45 bits per heavy atom. The van der Waals surface area contributed by atoms with Crippen molar-refractivity contribution in [2.75, 3.05) is 0 Å². The van der Waals surface area contributed by atoms with Crippen molar-refractivity contribution in [2.24, 2.45) is 7.05 Å². The highest BCUT2D eigenvalue weighted by atomic mass is 19.2. The minimum atomic E-state index is -0.996. The molecule has 0 bridgehead atoms. The molecule has 0 aliphatic carbocycles. The number of ketones is 1. The van der Waals surface area contributed by atoms with Crippen LogP contribution in [0.25, 0.3) is 10.9 Å². The molecular weight excluding hydrogens is 536 g/mol. The Morgan fingerprint density at radius 2 is 1.71 bits per heavy atom. The van der Waals surface area contributed by atoms with Gasteiger partial charge in [-0.05, 0) is 60.5 Å². The van der Waals surface area contributed by atoms with Crippen molar-refractivity contribution in [1.29, 1.82) is 5.26 Å². The maximum atomic E-state index is 13.6. The van der Waals surface area contributed by atoms with Crippen LogP contribution in [0, 0.1) is 41.7 Å². The third-order valence-electron chi connectivity index (χ3n) is 7.04. The fourth-order valence-corrected chi connectivity index (χ4v) is 4.65. The van der Waals surface area contributed by atoms with Crippen LogP contribution < -0.4 is 5.56 Å². The van der Waals surface area contributed by atoms with Crippen LogP contribution in [0.2, 0.25) is 0 Å². The van der Waals surface area contributed by atoms with Crippen LogP contribution in [0.5, 0.6) is 0 Å². The van der Waals surface area contributed by atoms with Crippen LogP contribution in [0.3, 0.4) is 0 Å². The van der Waals surface area contributed by atoms with E-state index >= 15 is 0 Å². The normalized spacial score (nSPS) is 10.7. The van der Waals surface area contributed by atoms with Gasteiger partial charge in [-0.3, -0.25) is 14.3 Å². The maximum Gasteiger partial charge on any atom is 0.278 e. The molecule has 0 spiro atoms. The highest BCUT2D eigenvalue weighted by Gasteiger charge is 2.21. The van der Waals surface area contributed by atoms with Gasteiger partial charge in [-0.1, -0.05) is 30.0 Å². The number of fused-ring (bicyclic) bond motifs is 1. The highest BCUT2D eigenvalue weighted by molar-refractivity contribution is 5.97. The molecule has 3 aromatic carbocycles. The second kappa shape index (κ2) is 12.0. The van der Waals surface area contributed by atoms with E-state index in [1.165, 1.54) is 10.7 Å². The lowest BCUT2D eigenvalue weighted by molar-refractivity contribution is 0.0982. The lowest BCUT2D eigenvalue weighted by Gasteiger charge is -2.08. The van der Waals surface area contributed by atoms with Crippen molar-refractivity contribution in [3.63, 3.8) is 0 Å². The molecule has 7 nitrogen and oxygen atoms in total. The summed E-state index contributed by atoms with van der Waals surface area (Å²) in [5.74, 6) is 4.45. The number of hydrogen-bond donors (Lipinski definition) is 0. The lowest BCUT2D eigenvalue weighted by Crippen LogP contribution is -2.25. The minimum absolute atomic E-state index is 0.00304. The molecule has 0 amide bonds. The predicted octanol–water partition coefficient (Wildman–Crippen LogP) is 5.24. The summed E-state index contributed by atoms with van der Waals surface area (Å²) in [6.07, 6.45) is 2.62. The van der Waals surface area contributed by atoms with Gasteiger partial charge in [0.05, 0.1) is 23.7 Å². The smallest absolute Gasteiger partial charge is 0.278 e. The number of halogens is 2. The Balaban J connectivity index is 1.23. The number of carbonyl (C=O) groups excluding carboxylic acids is 1. The molecule has 2 heterocycles. The Kier molecular flexibility index (Phi) is 8.03. The summed E-state index contributed by atoms with van der Waals surface area (Å²) in [5.41, 5.74) is 3.65. The molecular formula is C33H25F2N5O2. The molecule has 42 heavy (non-hydrogen) atoms. The summed E-state index contributed by atoms with van der Waals surface area (Å²) >= 11 is 0. The SMILES string of the molecule is Cc1c(C(=O)CCC#Cc2ccc3nc(Cc4ccc(C#N)cc4)ncc3c2)c(=O)n(Cc2ccc(F)c(F)c2)n1C. The molecule has 0 fully saturated rings. The fourth-order valence-electron chi connectivity index (χ4n) is 4.65. The van der Waals surface area contributed by atoms with Crippen LogP contribution in [0.15, 0.2) is 71.7 Å². The first-order chi connectivity index (χ1) is 20.2.